The Kier molecular flexibility index (Phi) is 39.7. The maximum Gasteiger partial charge on any atom is 0.300 e. The maximum absolute atomic E-state index is 9.00. The summed E-state index contributed by atoms with van der Waals surface area (Å²) in [5.74, 6) is -4.17. The van der Waals surface area contributed by atoms with E-state index in [0.717, 1.165) is 59.9 Å². The molecule has 13 nitrogen and oxygen atoms in total. The minimum Gasteiger partial charge on any atom is -0.481 e. The molecule has 0 spiro atoms. The van der Waals surface area contributed by atoms with Crippen molar-refractivity contribution < 1.29 is 49.5 Å². The first-order valence-electron chi connectivity index (χ1n) is 9.27. The van der Waals surface area contributed by atoms with Gasteiger partial charge in [-0.3, -0.25) is 24.0 Å². The molecule has 0 amide bonds. The van der Waals surface area contributed by atoms with Crippen LogP contribution in [0.4, 0.5) is 5.69 Å². The molecule has 33 heavy (non-hydrogen) atoms. The Labute approximate surface area is 193 Å². The fourth-order valence-electron chi connectivity index (χ4n) is 1.08. The molecule has 0 bridgehead atoms. The average Bonchev–Trinajstić information content (AvgIpc) is 2.60. The number of nitrogens with one attached hydrogen (secondary N) is 2. The van der Waals surface area contributed by atoms with Crippen molar-refractivity contribution in [3.8, 4) is 0 Å². The second-order valence-electron chi connectivity index (χ2n) is 5.43. The number of anilines is 1. The van der Waals surface area contributed by atoms with Crippen LogP contribution in [-0.2, 0) is 24.0 Å². The lowest BCUT2D eigenvalue weighted by Gasteiger charge is -2.06. The van der Waals surface area contributed by atoms with Gasteiger partial charge in [-0.05, 0) is 12.1 Å². The van der Waals surface area contributed by atoms with Gasteiger partial charge in [0.15, 0.2) is 0 Å². The van der Waals surface area contributed by atoms with Crippen molar-refractivity contribution in [2.45, 2.75) is 34.6 Å². The molecule has 0 saturated carbocycles. The molecule has 1 rings (SSSR count). The Balaban J connectivity index is -0.000000109. The fourth-order valence-corrected chi connectivity index (χ4v) is 1.08. The van der Waals surface area contributed by atoms with Crippen LogP contribution in [0.25, 0.3) is 0 Å². The zero-order valence-corrected chi connectivity index (χ0v) is 19.6. The van der Waals surface area contributed by atoms with Crippen LogP contribution in [-0.4, -0.2) is 81.6 Å². The van der Waals surface area contributed by atoms with Gasteiger partial charge in [0.1, 0.15) is 0 Å². The molecule has 0 aliphatic carbocycles. The number of carboxylic acid groups (broad SMARTS) is 5. The van der Waals surface area contributed by atoms with E-state index in [1.807, 2.05) is 18.2 Å². The van der Waals surface area contributed by atoms with Crippen molar-refractivity contribution in [3.63, 3.8) is 0 Å². The molecule has 1 aromatic carbocycles. The molecule has 1 aromatic rings. The summed E-state index contributed by atoms with van der Waals surface area (Å²) < 4.78 is 0. The fraction of sp³-hybridized carbons (Fsp3) is 0.450. The van der Waals surface area contributed by atoms with Crippen LogP contribution in [0.2, 0.25) is 0 Å². The van der Waals surface area contributed by atoms with Crippen molar-refractivity contribution in [2.75, 3.05) is 31.5 Å². The first-order chi connectivity index (χ1) is 15.1. The summed E-state index contributed by atoms with van der Waals surface area (Å²) in [6.07, 6.45) is 0. The number of nitrogens with two attached hydrogens (primary N) is 1. The number of aliphatic carboxylic acids is 5. The number of hydrogen-bond acceptors (Lipinski definition) is 8. The minimum atomic E-state index is -0.833. The molecule has 9 N–H and O–H groups in total. The second kappa shape index (κ2) is 32.9. The van der Waals surface area contributed by atoms with Gasteiger partial charge < -0.3 is 41.9 Å². The normalized spacial score (nSPS) is 7.70. The molecule has 13 heteroatoms. The van der Waals surface area contributed by atoms with Crippen molar-refractivity contribution in [1.82, 2.24) is 5.32 Å². The van der Waals surface area contributed by atoms with Gasteiger partial charge in [-0.2, -0.15) is 0 Å². The average molecular weight is 480 g/mol. The van der Waals surface area contributed by atoms with Gasteiger partial charge in [0.25, 0.3) is 29.8 Å². The van der Waals surface area contributed by atoms with Gasteiger partial charge in [0.05, 0.1) is 0 Å². The molecule has 0 unspecified atom stereocenters. The smallest absolute Gasteiger partial charge is 0.300 e. The lowest BCUT2D eigenvalue weighted by molar-refractivity contribution is -0.135. The van der Waals surface area contributed by atoms with Crippen LogP contribution in [0.1, 0.15) is 34.6 Å². The highest BCUT2D eigenvalue weighted by molar-refractivity contribution is 5.63. The molecule has 0 heterocycles. The predicted molar refractivity (Wildman–Crippen MR) is 123 cm³/mol. The highest BCUT2D eigenvalue weighted by atomic mass is 16.4. The highest BCUT2D eigenvalue weighted by Crippen LogP contribution is 2.03. The Morgan fingerprint density at radius 3 is 1.21 bits per heavy atom. The SMILES string of the molecule is CC(=O)O.CC(=O)O.CC(=O)O.CC(=O)O.CC(=O)O.NCCNCCNc1ccccc1. The first kappa shape index (κ1) is 39.7. The number of benzene rings is 1. The van der Waals surface area contributed by atoms with Gasteiger partial charge in [-0.25, -0.2) is 0 Å². The van der Waals surface area contributed by atoms with Crippen LogP contribution >= 0.6 is 0 Å². The van der Waals surface area contributed by atoms with E-state index in [1.165, 1.54) is 0 Å². The third-order valence-electron chi connectivity index (χ3n) is 1.73. The summed E-state index contributed by atoms with van der Waals surface area (Å²) in [5.41, 5.74) is 6.50. The summed E-state index contributed by atoms with van der Waals surface area (Å²) in [4.78, 5) is 45.0. The van der Waals surface area contributed by atoms with Crippen LogP contribution in [0.5, 0.6) is 0 Å². The quantitative estimate of drug-likeness (QED) is 0.267. The van der Waals surface area contributed by atoms with Crippen molar-refractivity contribution in [1.29, 1.82) is 0 Å². The van der Waals surface area contributed by atoms with Crippen molar-refractivity contribution >= 4 is 35.5 Å². The molecule has 0 aliphatic heterocycles. The summed E-state index contributed by atoms with van der Waals surface area (Å²) in [6, 6.07) is 10.2. The summed E-state index contributed by atoms with van der Waals surface area (Å²) in [7, 11) is 0. The number of para-hydroxylation sites is 1. The van der Waals surface area contributed by atoms with E-state index >= 15 is 0 Å². The largest absolute Gasteiger partial charge is 0.481 e. The van der Waals surface area contributed by atoms with Gasteiger partial charge in [-0.1, -0.05) is 18.2 Å². The monoisotopic (exact) mass is 479 g/mol. The molecule has 0 radical (unpaired) electrons. The minimum absolute atomic E-state index is 0.700. The predicted octanol–water partition coefficient (Wildman–Crippen LogP) is 1.10. The van der Waals surface area contributed by atoms with E-state index in [4.69, 9.17) is 55.2 Å². The third-order valence-corrected chi connectivity index (χ3v) is 1.73. The molecule has 0 aliphatic rings. The molecule has 192 valence electrons. The summed E-state index contributed by atoms with van der Waals surface area (Å²) >= 11 is 0. The zero-order valence-electron chi connectivity index (χ0n) is 19.6. The van der Waals surface area contributed by atoms with E-state index in [9.17, 15) is 0 Å². The number of carbonyl (C=O) groups is 5. The van der Waals surface area contributed by atoms with E-state index in [2.05, 4.69) is 22.8 Å². The second-order valence-corrected chi connectivity index (χ2v) is 5.43. The lowest BCUT2D eigenvalue weighted by atomic mass is 10.3. The molecule has 0 saturated heterocycles. The van der Waals surface area contributed by atoms with Crippen molar-refractivity contribution in [2.24, 2.45) is 5.73 Å². The van der Waals surface area contributed by atoms with E-state index in [0.29, 0.717) is 6.54 Å². The number of rotatable bonds is 6. The standard InChI is InChI=1S/C10H17N3.5C2H4O2/c11-6-7-12-8-9-13-10-4-2-1-3-5-10;5*1-2(3)4/h1-5,12-13H,6-9,11H2;5*1H3,(H,3,4). The van der Waals surface area contributed by atoms with Gasteiger partial charge >= 0.3 is 0 Å². The van der Waals surface area contributed by atoms with Crippen molar-refractivity contribution in [3.05, 3.63) is 30.3 Å². The van der Waals surface area contributed by atoms with Crippen LogP contribution in [0, 0.1) is 0 Å². The Morgan fingerprint density at radius 2 is 0.939 bits per heavy atom. The number of hydrogen-bond donors (Lipinski definition) is 8. The van der Waals surface area contributed by atoms with Gasteiger partial charge in [0.2, 0.25) is 0 Å². The molecule has 0 aromatic heterocycles. The number of carboxylic acids is 5. The van der Waals surface area contributed by atoms with Crippen LogP contribution in [0.15, 0.2) is 30.3 Å². The highest BCUT2D eigenvalue weighted by Gasteiger charge is 1.88. The van der Waals surface area contributed by atoms with Gasteiger partial charge in [-0.15, -0.1) is 0 Å². The van der Waals surface area contributed by atoms with E-state index < -0.39 is 29.8 Å². The summed E-state index contributed by atoms with van der Waals surface area (Å²) in [6.45, 7) is 8.89. The van der Waals surface area contributed by atoms with Crippen LogP contribution < -0.4 is 16.4 Å². The van der Waals surface area contributed by atoms with Crippen LogP contribution in [0.3, 0.4) is 0 Å². The third kappa shape index (κ3) is 153. The molecular weight excluding hydrogens is 442 g/mol. The summed E-state index contributed by atoms with van der Waals surface area (Å²) in [5, 5.41) is 43.6. The zero-order chi connectivity index (χ0) is 27.2. The Morgan fingerprint density at radius 1 is 0.636 bits per heavy atom. The maximum atomic E-state index is 9.00. The van der Waals surface area contributed by atoms with Gasteiger partial charge in [0, 0.05) is 66.5 Å². The molecule has 0 fully saturated rings. The first-order valence-corrected chi connectivity index (χ1v) is 9.27. The Bertz CT molecular complexity index is 536. The topological polar surface area (TPSA) is 237 Å². The lowest BCUT2D eigenvalue weighted by Crippen LogP contribution is -2.27. The molecule has 0 atom stereocenters. The Hall–Kier alpha value is -3.71. The van der Waals surface area contributed by atoms with E-state index in [1.54, 1.807) is 0 Å². The molecular formula is C20H37N3O10. The van der Waals surface area contributed by atoms with E-state index in [-0.39, 0.29) is 0 Å².